The first kappa shape index (κ1) is 25.2. The number of fused-ring (bicyclic) bond motifs is 1. The largest absolute Gasteiger partial charge is 0.487 e. The first-order chi connectivity index (χ1) is 16.4. The van der Waals surface area contributed by atoms with Gasteiger partial charge < -0.3 is 4.74 Å². The van der Waals surface area contributed by atoms with Crippen molar-refractivity contribution in [2.75, 3.05) is 0 Å². The van der Waals surface area contributed by atoms with Crippen LogP contribution in [0.15, 0.2) is 69.0 Å². The average Bonchev–Trinajstić information content (AvgIpc) is 2.79. The van der Waals surface area contributed by atoms with Crippen molar-refractivity contribution < 1.29 is 9.13 Å². The van der Waals surface area contributed by atoms with Gasteiger partial charge in [-0.3, -0.25) is 4.79 Å². The number of ether oxygens (including phenoxy) is 1. The molecule has 0 fully saturated rings. The first-order valence-corrected chi connectivity index (χ1v) is 13.4. The summed E-state index contributed by atoms with van der Waals surface area (Å²) in [5, 5.41) is 5.01. The number of hydrogen-bond acceptors (Lipinski definition) is 4. The summed E-state index contributed by atoms with van der Waals surface area (Å²) in [5.41, 5.74) is 2.04. The molecule has 174 valence electrons. The van der Waals surface area contributed by atoms with E-state index in [0.717, 1.165) is 34.9 Å². The molecule has 0 bridgehead atoms. The van der Waals surface area contributed by atoms with Crippen LogP contribution in [0.4, 0.5) is 4.39 Å². The van der Waals surface area contributed by atoms with Gasteiger partial charge in [-0.25, -0.2) is 9.37 Å². The molecule has 4 aromatic rings. The quantitative estimate of drug-likeness (QED) is 0.153. The third kappa shape index (κ3) is 5.85. The maximum absolute atomic E-state index is 13.4. The fourth-order valence-corrected chi connectivity index (χ4v) is 5.89. The van der Waals surface area contributed by atoms with Crippen LogP contribution in [-0.2, 0) is 13.0 Å². The Balaban J connectivity index is 1.64. The predicted octanol–water partition coefficient (Wildman–Crippen LogP) is 6.92. The van der Waals surface area contributed by atoms with Gasteiger partial charge in [0.1, 0.15) is 24.0 Å². The van der Waals surface area contributed by atoms with Gasteiger partial charge in [0.25, 0.3) is 5.56 Å². The molecule has 1 aromatic heterocycles. The van der Waals surface area contributed by atoms with Crippen LogP contribution in [0.2, 0.25) is 0 Å². The average molecular weight is 746 g/mol. The van der Waals surface area contributed by atoms with Gasteiger partial charge in [0.15, 0.2) is 0 Å². The van der Waals surface area contributed by atoms with Crippen molar-refractivity contribution >= 4 is 78.2 Å². The minimum absolute atomic E-state index is 0.203. The molecular formula is C25H19BrFI2N3O2. The van der Waals surface area contributed by atoms with Crippen LogP contribution in [0.25, 0.3) is 10.9 Å². The Morgan fingerprint density at radius 3 is 2.62 bits per heavy atom. The molecule has 1 heterocycles. The maximum atomic E-state index is 13.4. The van der Waals surface area contributed by atoms with Gasteiger partial charge >= 0.3 is 0 Å². The summed E-state index contributed by atoms with van der Waals surface area (Å²) in [4.78, 5) is 17.8. The molecule has 0 aliphatic carbocycles. The molecule has 0 aliphatic rings. The van der Waals surface area contributed by atoms with Crippen LogP contribution in [0.5, 0.6) is 5.75 Å². The number of nitrogens with zero attached hydrogens (tertiary/aromatic N) is 3. The lowest BCUT2D eigenvalue weighted by molar-refractivity contribution is 0.301. The number of aromatic nitrogens is 2. The number of rotatable bonds is 7. The predicted molar refractivity (Wildman–Crippen MR) is 153 cm³/mol. The normalized spacial score (nSPS) is 11.4. The second-order valence-corrected chi connectivity index (χ2v) is 10.8. The van der Waals surface area contributed by atoms with Crippen molar-refractivity contribution in [1.82, 2.24) is 9.66 Å². The van der Waals surface area contributed by atoms with E-state index in [4.69, 9.17) is 4.74 Å². The highest BCUT2D eigenvalue weighted by Gasteiger charge is 2.12. The van der Waals surface area contributed by atoms with Crippen LogP contribution in [0, 0.1) is 13.0 Å². The Kier molecular flexibility index (Phi) is 8.35. The second-order valence-electron chi connectivity index (χ2n) is 7.53. The Morgan fingerprint density at radius 2 is 1.91 bits per heavy atom. The number of hydrogen-bond donors (Lipinski definition) is 0. The van der Waals surface area contributed by atoms with E-state index in [9.17, 15) is 9.18 Å². The highest BCUT2D eigenvalue weighted by Crippen LogP contribution is 2.29. The Bertz CT molecular complexity index is 1430. The van der Waals surface area contributed by atoms with Crippen LogP contribution in [-0.4, -0.2) is 15.9 Å². The highest BCUT2D eigenvalue weighted by molar-refractivity contribution is 14.1. The molecule has 0 unspecified atom stereocenters. The molecule has 0 saturated heterocycles. The summed E-state index contributed by atoms with van der Waals surface area (Å²) in [6, 6.07) is 15.7. The van der Waals surface area contributed by atoms with Gasteiger partial charge in [0.2, 0.25) is 0 Å². The van der Waals surface area contributed by atoms with Crippen molar-refractivity contribution in [2.24, 2.45) is 5.10 Å². The summed E-state index contributed by atoms with van der Waals surface area (Å²) in [5.74, 6) is 1.06. The monoisotopic (exact) mass is 745 g/mol. The lowest BCUT2D eigenvalue weighted by Gasteiger charge is -2.12. The fourth-order valence-electron chi connectivity index (χ4n) is 3.40. The molecule has 0 saturated carbocycles. The lowest BCUT2D eigenvalue weighted by atomic mass is 10.2. The molecule has 4 rings (SSSR count). The molecule has 5 nitrogen and oxygen atoms in total. The number of aryl methyl sites for hydroxylation is 1. The van der Waals surface area contributed by atoms with Crippen LogP contribution >= 0.6 is 61.1 Å². The summed E-state index contributed by atoms with van der Waals surface area (Å²) in [7, 11) is 0. The van der Waals surface area contributed by atoms with Crippen LogP contribution in [0.3, 0.4) is 0 Å². The zero-order valence-electron chi connectivity index (χ0n) is 18.1. The number of halogens is 4. The van der Waals surface area contributed by atoms with Gasteiger partial charge in [-0.1, -0.05) is 35.0 Å². The fraction of sp³-hybridized carbons (Fsp3) is 0.160. The smallest absolute Gasteiger partial charge is 0.282 e. The van der Waals surface area contributed by atoms with E-state index >= 15 is 0 Å². The third-order valence-corrected chi connectivity index (χ3v) is 7.06. The van der Waals surface area contributed by atoms with Crippen molar-refractivity contribution in [3.05, 3.63) is 99.3 Å². The lowest BCUT2D eigenvalue weighted by Crippen LogP contribution is -2.22. The van der Waals surface area contributed by atoms with Gasteiger partial charge in [-0.15, -0.1) is 0 Å². The van der Waals surface area contributed by atoms with Crippen molar-refractivity contribution in [2.45, 2.75) is 26.4 Å². The van der Waals surface area contributed by atoms with Crippen LogP contribution in [0.1, 0.15) is 30.3 Å². The van der Waals surface area contributed by atoms with E-state index in [0.29, 0.717) is 23.1 Å². The molecular weight excluding hydrogens is 727 g/mol. The Hall–Kier alpha value is -1.86. The molecule has 0 N–H and O–H groups in total. The second kappa shape index (κ2) is 11.3. The van der Waals surface area contributed by atoms with E-state index < -0.39 is 0 Å². The topological polar surface area (TPSA) is 56.5 Å². The zero-order valence-corrected chi connectivity index (χ0v) is 24.0. The van der Waals surface area contributed by atoms with Crippen molar-refractivity contribution in [3.8, 4) is 5.75 Å². The van der Waals surface area contributed by atoms with Crippen LogP contribution < -0.4 is 10.3 Å². The first-order valence-electron chi connectivity index (χ1n) is 10.5. The minimum Gasteiger partial charge on any atom is -0.487 e. The summed E-state index contributed by atoms with van der Waals surface area (Å²) >= 11 is 7.83. The highest BCUT2D eigenvalue weighted by atomic mass is 127. The number of benzene rings is 3. The van der Waals surface area contributed by atoms with Gasteiger partial charge in [-0.2, -0.15) is 9.78 Å². The van der Waals surface area contributed by atoms with Crippen molar-refractivity contribution in [1.29, 1.82) is 0 Å². The standard InChI is InChI=1S/C25H19BrFI2N3O2/c1-2-4-23-31-22-8-7-17(26)12-19(22)25(33)32(23)30-13-16-10-20(28)24(21(29)11-16)34-14-15-5-3-6-18(27)9-15/h3,5-13H,2,4,14H2,1H3. The molecule has 34 heavy (non-hydrogen) atoms. The summed E-state index contributed by atoms with van der Waals surface area (Å²) in [6.07, 6.45) is 3.14. The van der Waals surface area contributed by atoms with Gasteiger partial charge in [0.05, 0.1) is 24.3 Å². The molecule has 0 amide bonds. The van der Waals surface area contributed by atoms with Gasteiger partial charge in [0, 0.05) is 10.9 Å². The maximum Gasteiger partial charge on any atom is 0.282 e. The van der Waals surface area contributed by atoms with E-state index in [-0.39, 0.29) is 18.0 Å². The molecule has 0 spiro atoms. The van der Waals surface area contributed by atoms with E-state index in [2.05, 4.69) is 71.2 Å². The summed E-state index contributed by atoms with van der Waals surface area (Å²) in [6.45, 7) is 2.31. The summed E-state index contributed by atoms with van der Waals surface area (Å²) < 4.78 is 23.4. The minimum atomic E-state index is -0.287. The Morgan fingerprint density at radius 1 is 1.15 bits per heavy atom. The molecule has 0 radical (unpaired) electrons. The molecule has 0 atom stereocenters. The van der Waals surface area contributed by atoms with E-state index in [1.54, 1.807) is 18.3 Å². The van der Waals surface area contributed by atoms with Crippen molar-refractivity contribution in [3.63, 3.8) is 0 Å². The SMILES string of the molecule is CCCc1nc2ccc(Br)cc2c(=O)n1N=Cc1cc(I)c(OCc2cccc(F)c2)c(I)c1. The molecule has 0 aliphatic heterocycles. The van der Waals surface area contributed by atoms with E-state index in [1.165, 1.54) is 16.8 Å². The molecule has 9 heteroatoms. The zero-order chi connectivity index (χ0) is 24.2. The molecule has 3 aromatic carbocycles. The van der Waals surface area contributed by atoms with E-state index in [1.807, 2.05) is 37.3 Å². The Labute approximate surface area is 231 Å². The third-order valence-electron chi connectivity index (χ3n) is 4.96. The van der Waals surface area contributed by atoms with Gasteiger partial charge in [-0.05, 0) is 105 Å².